The van der Waals surface area contributed by atoms with Crippen molar-refractivity contribution in [1.82, 2.24) is 0 Å². The summed E-state index contributed by atoms with van der Waals surface area (Å²) in [6, 6.07) is 0. The molecule has 1 aromatic carbocycles. The summed E-state index contributed by atoms with van der Waals surface area (Å²) >= 11 is 0. The van der Waals surface area contributed by atoms with Crippen LogP contribution < -0.4 is 4.90 Å². The van der Waals surface area contributed by atoms with Gasteiger partial charge in [-0.25, -0.2) is 17.6 Å². The lowest BCUT2D eigenvalue weighted by atomic mass is 10.0. The first-order valence-electron chi connectivity index (χ1n) is 5.35. The molecule has 5 heteroatoms. The lowest BCUT2D eigenvalue weighted by Gasteiger charge is -2.20. The second-order valence-electron chi connectivity index (χ2n) is 4.17. The maximum Gasteiger partial charge on any atom is 0.199 e. The summed E-state index contributed by atoms with van der Waals surface area (Å²) < 4.78 is 54.1. The molecular weight excluding hydrogens is 246 g/mol. The Morgan fingerprint density at radius 1 is 0.944 bits per heavy atom. The van der Waals surface area contributed by atoms with E-state index in [1.807, 2.05) is 0 Å². The van der Waals surface area contributed by atoms with E-state index < -0.39 is 23.3 Å². The van der Waals surface area contributed by atoms with Crippen LogP contribution in [0.5, 0.6) is 0 Å². The van der Waals surface area contributed by atoms with Crippen molar-refractivity contribution < 1.29 is 17.6 Å². The summed E-state index contributed by atoms with van der Waals surface area (Å²) in [5, 5.41) is 0. The molecule has 1 nitrogen and oxygen atoms in total. The van der Waals surface area contributed by atoms with Gasteiger partial charge in [0.25, 0.3) is 0 Å². The topological polar surface area (TPSA) is 3.24 Å². The zero-order valence-electron chi connectivity index (χ0n) is 9.90. The summed E-state index contributed by atoms with van der Waals surface area (Å²) in [6.07, 6.45) is 5.47. The SMILES string of the molecule is CN(C)c1c(F)c(F)c(F)c(F)c1C1=CCC=C1. The summed E-state index contributed by atoms with van der Waals surface area (Å²) in [5.41, 5.74) is -0.177. The van der Waals surface area contributed by atoms with E-state index in [2.05, 4.69) is 0 Å². The predicted octanol–water partition coefficient (Wildman–Crippen LogP) is 3.65. The molecule has 0 saturated heterocycles. The highest BCUT2D eigenvalue weighted by atomic mass is 19.2. The van der Waals surface area contributed by atoms with Crippen molar-refractivity contribution in [3.8, 4) is 0 Å². The van der Waals surface area contributed by atoms with E-state index in [1.165, 1.54) is 19.0 Å². The average Bonchev–Trinajstić information content (AvgIpc) is 2.83. The third-order valence-corrected chi connectivity index (χ3v) is 2.75. The fourth-order valence-electron chi connectivity index (χ4n) is 1.95. The lowest BCUT2D eigenvalue weighted by molar-refractivity contribution is 0.408. The van der Waals surface area contributed by atoms with Crippen molar-refractivity contribution in [2.24, 2.45) is 0 Å². The number of benzene rings is 1. The van der Waals surface area contributed by atoms with Gasteiger partial charge in [-0.1, -0.05) is 18.2 Å². The van der Waals surface area contributed by atoms with Gasteiger partial charge in [0.05, 0.1) is 5.69 Å². The molecule has 1 aliphatic carbocycles. The summed E-state index contributed by atoms with van der Waals surface area (Å²) in [7, 11) is 2.88. The first-order valence-corrected chi connectivity index (χ1v) is 5.35. The third-order valence-electron chi connectivity index (χ3n) is 2.75. The van der Waals surface area contributed by atoms with E-state index in [1.54, 1.807) is 18.2 Å². The molecule has 2 rings (SSSR count). The molecule has 0 spiro atoms. The average molecular weight is 257 g/mol. The standard InChI is InChI=1S/C13H11F4N/c1-18(2)13-8(7-5-3-4-6-7)9(14)10(15)11(16)12(13)17/h3,5-6H,4H2,1-2H3. The summed E-state index contributed by atoms with van der Waals surface area (Å²) in [5.74, 6) is -6.32. The molecule has 0 radical (unpaired) electrons. The molecule has 1 aromatic rings. The maximum absolute atomic E-state index is 13.8. The van der Waals surface area contributed by atoms with Crippen molar-refractivity contribution in [2.75, 3.05) is 19.0 Å². The fraction of sp³-hybridized carbons (Fsp3) is 0.231. The Balaban J connectivity index is 2.81. The van der Waals surface area contributed by atoms with Gasteiger partial charge in [-0.05, 0) is 12.0 Å². The van der Waals surface area contributed by atoms with Crippen LogP contribution >= 0.6 is 0 Å². The molecule has 18 heavy (non-hydrogen) atoms. The van der Waals surface area contributed by atoms with E-state index in [-0.39, 0.29) is 11.3 Å². The first kappa shape index (κ1) is 12.7. The predicted molar refractivity (Wildman–Crippen MR) is 62.3 cm³/mol. The maximum atomic E-state index is 13.8. The van der Waals surface area contributed by atoms with Crippen molar-refractivity contribution in [1.29, 1.82) is 0 Å². The van der Waals surface area contributed by atoms with E-state index in [0.29, 0.717) is 12.0 Å². The number of halogens is 4. The first-order chi connectivity index (χ1) is 8.45. The highest BCUT2D eigenvalue weighted by molar-refractivity contribution is 5.84. The van der Waals surface area contributed by atoms with Crippen molar-refractivity contribution >= 4 is 11.3 Å². The van der Waals surface area contributed by atoms with E-state index in [9.17, 15) is 17.6 Å². The van der Waals surface area contributed by atoms with Gasteiger partial charge >= 0.3 is 0 Å². The molecule has 1 aliphatic rings. The lowest BCUT2D eigenvalue weighted by Crippen LogP contribution is -2.17. The Morgan fingerprint density at radius 2 is 1.56 bits per heavy atom. The Bertz CT molecular complexity index is 559. The molecule has 0 unspecified atom stereocenters. The zero-order chi connectivity index (χ0) is 13.4. The number of allylic oxidation sites excluding steroid dienone is 4. The van der Waals surface area contributed by atoms with Crippen LogP contribution in [-0.2, 0) is 0 Å². The molecule has 96 valence electrons. The Morgan fingerprint density at radius 3 is 2.06 bits per heavy atom. The fourth-order valence-corrected chi connectivity index (χ4v) is 1.95. The molecule has 0 fully saturated rings. The van der Waals surface area contributed by atoms with Crippen LogP contribution in [0.3, 0.4) is 0 Å². The largest absolute Gasteiger partial charge is 0.375 e. The summed E-state index contributed by atoms with van der Waals surface area (Å²) in [6.45, 7) is 0. The van der Waals surface area contributed by atoms with Crippen LogP contribution in [0.25, 0.3) is 5.57 Å². The van der Waals surface area contributed by atoms with Crippen LogP contribution in [0, 0.1) is 23.3 Å². The highest BCUT2D eigenvalue weighted by Gasteiger charge is 2.27. The van der Waals surface area contributed by atoms with Crippen molar-refractivity contribution in [2.45, 2.75) is 6.42 Å². The van der Waals surface area contributed by atoms with Gasteiger partial charge in [0.1, 0.15) is 0 Å². The van der Waals surface area contributed by atoms with Crippen molar-refractivity contribution in [3.63, 3.8) is 0 Å². The van der Waals surface area contributed by atoms with E-state index in [4.69, 9.17) is 0 Å². The Kier molecular flexibility index (Phi) is 3.15. The Labute approximate surface area is 102 Å². The zero-order valence-corrected chi connectivity index (χ0v) is 9.90. The second-order valence-corrected chi connectivity index (χ2v) is 4.17. The molecule has 0 atom stereocenters. The number of anilines is 1. The molecule has 0 saturated carbocycles. The summed E-state index contributed by atoms with van der Waals surface area (Å²) in [4.78, 5) is 1.23. The molecule has 0 amide bonds. The second kappa shape index (κ2) is 4.48. The molecular formula is C13H11F4N. The van der Waals surface area contributed by atoms with Gasteiger partial charge in [0, 0.05) is 19.7 Å². The quantitative estimate of drug-likeness (QED) is 0.444. The van der Waals surface area contributed by atoms with Gasteiger partial charge < -0.3 is 4.90 Å². The number of hydrogen-bond donors (Lipinski definition) is 0. The smallest absolute Gasteiger partial charge is 0.199 e. The van der Waals surface area contributed by atoms with Gasteiger partial charge in [0.15, 0.2) is 23.3 Å². The number of nitrogens with zero attached hydrogens (tertiary/aromatic N) is 1. The van der Waals surface area contributed by atoms with Crippen LogP contribution in [0.4, 0.5) is 23.2 Å². The van der Waals surface area contributed by atoms with Crippen LogP contribution in [0.2, 0.25) is 0 Å². The third kappa shape index (κ3) is 1.79. The van der Waals surface area contributed by atoms with Crippen LogP contribution in [0.15, 0.2) is 18.2 Å². The van der Waals surface area contributed by atoms with E-state index in [0.717, 1.165) is 0 Å². The number of hydrogen-bond acceptors (Lipinski definition) is 1. The normalized spacial score (nSPS) is 14.0. The minimum Gasteiger partial charge on any atom is -0.375 e. The van der Waals surface area contributed by atoms with E-state index >= 15 is 0 Å². The number of rotatable bonds is 2. The van der Waals surface area contributed by atoms with Gasteiger partial charge in [-0.3, -0.25) is 0 Å². The molecule has 0 aromatic heterocycles. The van der Waals surface area contributed by atoms with Gasteiger partial charge in [0.2, 0.25) is 0 Å². The Hall–Kier alpha value is -1.78. The van der Waals surface area contributed by atoms with Gasteiger partial charge in [-0.2, -0.15) is 0 Å². The minimum atomic E-state index is -1.79. The highest BCUT2D eigenvalue weighted by Crippen LogP contribution is 2.37. The van der Waals surface area contributed by atoms with Crippen LogP contribution in [-0.4, -0.2) is 14.1 Å². The van der Waals surface area contributed by atoms with Crippen molar-refractivity contribution in [3.05, 3.63) is 47.1 Å². The monoisotopic (exact) mass is 257 g/mol. The minimum absolute atomic E-state index is 0.245. The molecule has 0 heterocycles. The molecule has 0 bridgehead atoms. The molecule has 0 aliphatic heterocycles. The van der Waals surface area contributed by atoms with Crippen LogP contribution in [0.1, 0.15) is 12.0 Å². The molecule has 0 N–H and O–H groups in total. The van der Waals surface area contributed by atoms with Gasteiger partial charge in [-0.15, -0.1) is 0 Å².